The molecule has 0 unspecified atom stereocenters. The van der Waals surface area contributed by atoms with Gasteiger partial charge in [0.15, 0.2) is 0 Å². The van der Waals surface area contributed by atoms with Crippen LogP contribution in [-0.4, -0.2) is 10.9 Å². The standard InChI is InChI=1S/C12H10ClFN4O/c13-7-4-5-9(8(14)6-7)17-12(19)10-2-1-3-11(16-10)18-15/h1-6H,15H2,(H,16,18)(H,17,19). The summed E-state index contributed by atoms with van der Waals surface area (Å²) in [6, 6.07) is 8.66. The molecule has 1 aromatic carbocycles. The van der Waals surface area contributed by atoms with E-state index in [9.17, 15) is 9.18 Å². The summed E-state index contributed by atoms with van der Waals surface area (Å²) in [5, 5.41) is 2.65. The molecule has 7 heteroatoms. The van der Waals surface area contributed by atoms with Gasteiger partial charge in [0.1, 0.15) is 17.3 Å². The lowest BCUT2D eigenvalue weighted by Crippen LogP contribution is -2.16. The normalized spacial score (nSPS) is 10.1. The summed E-state index contributed by atoms with van der Waals surface area (Å²) in [7, 11) is 0. The topological polar surface area (TPSA) is 80.0 Å². The Morgan fingerprint density at radius 2 is 2.11 bits per heavy atom. The SMILES string of the molecule is NNc1cccc(C(=O)Nc2ccc(Cl)cc2F)n1. The summed E-state index contributed by atoms with van der Waals surface area (Å²) >= 11 is 5.62. The van der Waals surface area contributed by atoms with Crippen LogP contribution < -0.4 is 16.6 Å². The van der Waals surface area contributed by atoms with E-state index >= 15 is 0 Å². The number of nitrogens with two attached hydrogens (primary N) is 1. The number of anilines is 2. The van der Waals surface area contributed by atoms with Gasteiger partial charge in [-0.3, -0.25) is 4.79 Å². The number of carbonyl (C=O) groups excluding carboxylic acids is 1. The predicted octanol–water partition coefficient (Wildman–Crippen LogP) is 2.41. The first-order valence-corrected chi connectivity index (χ1v) is 5.68. The summed E-state index contributed by atoms with van der Waals surface area (Å²) in [5.74, 6) is 4.37. The molecule has 1 heterocycles. The van der Waals surface area contributed by atoms with Gasteiger partial charge in [-0.05, 0) is 30.3 Å². The largest absolute Gasteiger partial charge is 0.318 e. The molecule has 98 valence electrons. The molecular weight excluding hydrogens is 271 g/mol. The van der Waals surface area contributed by atoms with Crippen LogP contribution >= 0.6 is 11.6 Å². The smallest absolute Gasteiger partial charge is 0.274 e. The molecule has 2 aromatic rings. The zero-order valence-corrected chi connectivity index (χ0v) is 10.4. The highest BCUT2D eigenvalue weighted by Gasteiger charge is 2.11. The van der Waals surface area contributed by atoms with Crippen molar-refractivity contribution in [2.45, 2.75) is 0 Å². The van der Waals surface area contributed by atoms with Crippen molar-refractivity contribution >= 4 is 29.0 Å². The van der Waals surface area contributed by atoms with Crippen molar-refractivity contribution in [3.63, 3.8) is 0 Å². The van der Waals surface area contributed by atoms with Crippen LogP contribution in [0.1, 0.15) is 10.5 Å². The Morgan fingerprint density at radius 3 is 2.79 bits per heavy atom. The van der Waals surface area contributed by atoms with E-state index in [2.05, 4.69) is 15.7 Å². The second-order valence-electron chi connectivity index (χ2n) is 3.63. The van der Waals surface area contributed by atoms with Crippen LogP contribution in [0.15, 0.2) is 36.4 Å². The van der Waals surface area contributed by atoms with Crippen LogP contribution in [0, 0.1) is 5.82 Å². The second-order valence-corrected chi connectivity index (χ2v) is 4.07. The summed E-state index contributed by atoms with van der Waals surface area (Å²) in [6.45, 7) is 0. The Bertz CT molecular complexity index is 620. The van der Waals surface area contributed by atoms with Crippen LogP contribution in [-0.2, 0) is 0 Å². The first kappa shape index (κ1) is 13.3. The lowest BCUT2D eigenvalue weighted by atomic mass is 10.2. The number of hydrogen-bond donors (Lipinski definition) is 3. The third-order valence-corrected chi connectivity index (χ3v) is 2.54. The van der Waals surface area contributed by atoms with E-state index < -0.39 is 11.7 Å². The van der Waals surface area contributed by atoms with Crippen molar-refractivity contribution < 1.29 is 9.18 Å². The van der Waals surface area contributed by atoms with Crippen molar-refractivity contribution in [1.29, 1.82) is 0 Å². The van der Waals surface area contributed by atoms with Gasteiger partial charge in [-0.1, -0.05) is 17.7 Å². The fraction of sp³-hybridized carbons (Fsp3) is 0. The molecule has 0 atom stereocenters. The summed E-state index contributed by atoms with van der Waals surface area (Å²) in [5.41, 5.74) is 2.47. The van der Waals surface area contributed by atoms with Gasteiger partial charge in [0.25, 0.3) is 5.91 Å². The van der Waals surface area contributed by atoms with Gasteiger partial charge >= 0.3 is 0 Å². The van der Waals surface area contributed by atoms with E-state index in [0.29, 0.717) is 5.82 Å². The number of nitrogen functional groups attached to an aromatic ring is 1. The third-order valence-electron chi connectivity index (χ3n) is 2.31. The summed E-state index contributed by atoms with van der Waals surface area (Å²) in [6.07, 6.45) is 0. The highest BCUT2D eigenvalue weighted by molar-refractivity contribution is 6.30. The molecule has 19 heavy (non-hydrogen) atoms. The zero-order chi connectivity index (χ0) is 13.8. The molecule has 0 radical (unpaired) electrons. The van der Waals surface area contributed by atoms with Crippen molar-refractivity contribution in [2.75, 3.05) is 10.7 Å². The average Bonchev–Trinajstić information content (AvgIpc) is 2.42. The van der Waals surface area contributed by atoms with Gasteiger partial charge in [-0.25, -0.2) is 15.2 Å². The highest BCUT2D eigenvalue weighted by Crippen LogP contribution is 2.19. The van der Waals surface area contributed by atoms with Gasteiger partial charge in [-0.15, -0.1) is 0 Å². The zero-order valence-electron chi connectivity index (χ0n) is 9.65. The van der Waals surface area contributed by atoms with E-state index in [4.69, 9.17) is 17.4 Å². The average molecular weight is 281 g/mol. The molecule has 5 nitrogen and oxygen atoms in total. The Balaban J connectivity index is 2.20. The minimum Gasteiger partial charge on any atom is -0.318 e. The van der Waals surface area contributed by atoms with Crippen LogP contribution in [0.4, 0.5) is 15.9 Å². The van der Waals surface area contributed by atoms with Crippen molar-refractivity contribution in [2.24, 2.45) is 5.84 Å². The fourth-order valence-electron chi connectivity index (χ4n) is 1.42. The Morgan fingerprint density at radius 1 is 1.32 bits per heavy atom. The van der Waals surface area contributed by atoms with Gasteiger partial charge < -0.3 is 10.7 Å². The number of benzene rings is 1. The Labute approximate surface area is 113 Å². The maximum absolute atomic E-state index is 13.5. The van der Waals surface area contributed by atoms with Crippen LogP contribution in [0.2, 0.25) is 5.02 Å². The number of aromatic nitrogens is 1. The number of halogens is 2. The van der Waals surface area contributed by atoms with Crippen LogP contribution in [0.25, 0.3) is 0 Å². The first-order valence-electron chi connectivity index (χ1n) is 5.30. The molecule has 0 bridgehead atoms. The molecule has 2 rings (SSSR count). The van der Waals surface area contributed by atoms with Crippen molar-refractivity contribution in [1.82, 2.24) is 4.98 Å². The second kappa shape index (κ2) is 5.64. The summed E-state index contributed by atoms with van der Waals surface area (Å²) < 4.78 is 13.5. The van der Waals surface area contributed by atoms with Crippen LogP contribution in [0.5, 0.6) is 0 Å². The number of rotatable bonds is 3. The third kappa shape index (κ3) is 3.18. The maximum Gasteiger partial charge on any atom is 0.274 e. The molecular formula is C12H10ClFN4O. The number of hydrogen-bond acceptors (Lipinski definition) is 4. The van der Waals surface area contributed by atoms with Crippen molar-refractivity contribution in [3.05, 3.63) is 52.9 Å². The first-order chi connectivity index (χ1) is 9.10. The Hall–Kier alpha value is -2.18. The Kier molecular flexibility index (Phi) is 3.94. The minimum atomic E-state index is -0.617. The van der Waals surface area contributed by atoms with E-state index in [1.807, 2.05) is 0 Å². The molecule has 0 saturated carbocycles. The van der Waals surface area contributed by atoms with Gasteiger partial charge in [0.05, 0.1) is 5.69 Å². The van der Waals surface area contributed by atoms with E-state index in [-0.39, 0.29) is 16.4 Å². The van der Waals surface area contributed by atoms with Gasteiger partial charge in [-0.2, -0.15) is 0 Å². The predicted molar refractivity (Wildman–Crippen MR) is 71.4 cm³/mol. The number of pyridine rings is 1. The number of nitrogens with zero attached hydrogens (tertiary/aromatic N) is 1. The molecule has 1 amide bonds. The van der Waals surface area contributed by atoms with Gasteiger partial charge in [0, 0.05) is 5.02 Å². The molecule has 0 spiro atoms. The van der Waals surface area contributed by atoms with Crippen molar-refractivity contribution in [3.8, 4) is 0 Å². The fourth-order valence-corrected chi connectivity index (χ4v) is 1.58. The maximum atomic E-state index is 13.5. The molecule has 0 aliphatic carbocycles. The quantitative estimate of drug-likeness (QED) is 0.596. The number of hydrazine groups is 1. The molecule has 1 aromatic heterocycles. The molecule has 0 saturated heterocycles. The van der Waals surface area contributed by atoms with E-state index in [1.165, 1.54) is 18.2 Å². The minimum absolute atomic E-state index is 0.0299. The lowest BCUT2D eigenvalue weighted by Gasteiger charge is -2.07. The molecule has 0 aliphatic heterocycles. The monoisotopic (exact) mass is 280 g/mol. The number of amides is 1. The molecule has 0 fully saturated rings. The van der Waals surface area contributed by atoms with E-state index in [1.54, 1.807) is 12.1 Å². The van der Waals surface area contributed by atoms with Gasteiger partial charge in [0.2, 0.25) is 0 Å². The van der Waals surface area contributed by atoms with E-state index in [0.717, 1.165) is 6.07 Å². The van der Waals surface area contributed by atoms with Crippen LogP contribution in [0.3, 0.4) is 0 Å². The summed E-state index contributed by atoms with van der Waals surface area (Å²) in [4.78, 5) is 15.8. The molecule has 4 N–H and O–H groups in total. The highest BCUT2D eigenvalue weighted by atomic mass is 35.5. The number of carbonyl (C=O) groups is 1. The lowest BCUT2D eigenvalue weighted by molar-refractivity contribution is 0.102. The molecule has 0 aliphatic rings. The number of nitrogens with one attached hydrogen (secondary N) is 2.